The van der Waals surface area contributed by atoms with E-state index in [9.17, 15) is 9.50 Å². The molecule has 0 saturated heterocycles. The lowest BCUT2D eigenvalue weighted by atomic mass is 9.96. The summed E-state index contributed by atoms with van der Waals surface area (Å²) in [6.07, 6.45) is -0.718. The number of H-pyrrole nitrogens is 1. The van der Waals surface area contributed by atoms with E-state index in [0.717, 1.165) is 16.7 Å². The van der Waals surface area contributed by atoms with E-state index in [1.54, 1.807) is 13.0 Å². The molecule has 0 spiro atoms. The van der Waals surface area contributed by atoms with Crippen molar-refractivity contribution in [3.05, 3.63) is 65.6 Å². The van der Waals surface area contributed by atoms with Crippen LogP contribution in [0.5, 0.6) is 0 Å². The fraction of sp³-hybridized carbons (Fsp3) is 0.167. The summed E-state index contributed by atoms with van der Waals surface area (Å²) in [5, 5.41) is 17.1. The fourth-order valence-electron chi connectivity index (χ4n) is 2.56. The maximum Gasteiger partial charge on any atom is 0.132 e. The van der Waals surface area contributed by atoms with Crippen LogP contribution in [0.1, 0.15) is 24.3 Å². The Hall–Kier alpha value is -2.46. The summed E-state index contributed by atoms with van der Waals surface area (Å²) in [6, 6.07) is 14.6. The van der Waals surface area contributed by atoms with Crippen LogP contribution < -0.4 is 0 Å². The molecular formula is C18H17FN2O. The van der Waals surface area contributed by atoms with Gasteiger partial charge in [-0.05, 0) is 37.1 Å². The lowest BCUT2D eigenvalue weighted by molar-refractivity contribution is 0.195. The van der Waals surface area contributed by atoms with Gasteiger partial charge in [-0.15, -0.1) is 0 Å². The van der Waals surface area contributed by atoms with Gasteiger partial charge in [0.25, 0.3) is 0 Å². The molecule has 3 nitrogen and oxygen atoms in total. The van der Waals surface area contributed by atoms with Crippen LogP contribution in [-0.2, 0) is 0 Å². The number of aliphatic hydroxyl groups excluding tert-OH is 1. The molecule has 0 bridgehead atoms. The van der Waals surface area contributed by atoms with Crippen LogP contribution in [0.4, 0.5) is 4.39 Å². The monoisotopic (exact) mass is 296 g/mol. The number of hydrogen-bond donors (Lipinski definition) is 2. The van der Waals surface area contributed by atoms with Gasteiger partial charge in [0.2, 0.25) is 0 Å². The smallest absolute Gasteiger partial charge is 0.132 e. The summed E-state index contributed by atoms with van der Waals surface area (Å²) in [5.74, 6) is -0.319. The molecule has 3 rings (SSSR count). The fourth-order valence-corrected chi connectivity index (χ4v) is 2.56. The van der Waals surface area contributed by atoms with Gasteiger partial charge >= 0.3 is 0 Å². The van der Waals surface area contributed by atoms with Crippen molar-refractivity contribution in [3.63, 3.8) is 0 Å². The lowest BCUT2D eigenvalue weighted by Gasteiger charge is -2.09. The highest BCUT2D eigenvalue weighted by Crippen LogP contribution is 2.36. The molecule has 112 valence electrons. The molecule has 1 unspecified atom stereocenters. The molecule has 1 heterocycles. The zero-order valence-electron chi connectivity index (χ0n) is 12.5. The minimum Gasteiger partial charge on any atom is -0.387 e. The second-order valence-electron chi connectivity index (χ2n) is 5.39. The third kappa shape index (κ3) is 2.53. The molecule has 1 atom stereocenters. The number of aliphatic hydroxyl groups is 1. The van der Waals surface area contributed by atoms with E-state index in [0.29, 0.717) is 17.0 Å². The number of nitrogens with one attached hydrogen (secondary N) is 1. The third-order valence-corrected chi connectivity index (χ3v) is 3.65. The number of aromatic amines is 1. The molecular weight excluding hydrogens is 279 g/mol. The first-order valence-corrected chi connectivity index (χ1v) is 7.16. The molecule has 0 radical (unpaired) electrons. The Morgan fingerprint density at radius 1 is 1.14 bits per heavy atom. The number of aryl methyl sites for hydroxylation is 1. The Labute approximate surface area is 128 Å². The van der Waals surface area contributed by atoms with Crippen molar-refractivity contribution in [2.75, 3.05) is 0 Å². The molecule has 4 heteroatoms. The van der Waals surface area contributed by atoms with Crippen molar-refractivity contribution in [2.24, 2.45) is 0 Å². The SMILES string of the molecule is Cc1ccc(-c2n[nH]c(C(C)O)c2-c2ccccc2)c(F)c1. The number of rotatable bonds is 3. The summed E-state index contributed by atoms with van der Waals surface area (Å²) >= 11 is 0. The van der Waals surface area contributed by atoms with E-state index < -0.39 is 6.10 Å². The van der Waals surface area contributed by atoms with Gasteiger partial charge in [0, 0.05) is 11.1 Å². The Balaban J connectivity index is 2.25. The van der Waals surface area contributed by atoms with Crippen LogP contribution in [0.3, 0.4) is 0 Å². The van der Waals surface area contributed by atoms with Gasteiger partial charge in [-0.25, -0.2) is 4.39 Å². The highest BCUT2D eigenvalue weighted by Gasteiger charge is 2.21. The molecule has 0 amide bonds. The standard InChI is InChI=1S/C18H17FN2O/c1-11-8-9-14(15(19)10-11)18-16(13-6-4-3-5-7-13)17(12(2)22)20-21-18/h3-10,12,22H,1-2H3,(H,20,21). The minimum atomic E-state index is -0.718. The predicted octanol–water partition coefficient (Wildman–Crippen LogP) is 4.24. The normalized spacial score (nSPS) is 12.4. The van der Waals surface area contributed by atoms with Crippen molar-refractivity contribution in [3.8, 4) is 22.4 Å². The van der Waals surface area contributed by atoms with E-state index in [1.165, 1.54) is 6.07 Å². The summed E-state index contributed by atoms with van der Waals surface area (Å²) in [5.41, 5.74) is 4.00. The summed E-state index contributed by atoms with van der Waals surface area (Å²) in [6.45, 7) is 3.51. The molecule has 1 aromatic heterocycles. The largest absolute Gasteiger partial charge is 0.387 e. The third-order valence-electron chi connectivity index (χ3n) is 3.65. The number of hydrogen-bond acceptors (Lipinski definition) is 2. The van der Waals surface area contributed by atoms with E-state index in [-0.39, 0.29) is 5.82 Å². The summed E-state index contributed by atoms with van der Waals surface area (Å²) in [7, 11) is 0. The van der Waals surface area contributed by atoms with Gasteiger partial charge < -0.3 is 5.11 Å². The van der Waals surface area contributed by atoms with Gasteiger partial charge in [0.15, 0.2) is 0 Å². The van der Waals surface area contributed by atoms with Gasteiger partial charge in [0.1, 0.15) is 11.5 Å². The molecule has 2 N–H and O–H groups in total. The Morgan fingerprint density at radius 3 is 2.50 bits per heavy atom. The molecule has 0 saturated carbocycles. The van der Waals surface area contributed by atoms with E-state index >= 15 is 0 Å². The van der Waals surface area contributed by atoms with Crippen molar-refractivity contribution < 1.29 is 9.50 Å². The summed E-state index contributed by atoms with van der Waals surface area (Å²) < 4.78 is 14.3. The zero-order valence-corrected chi connectivity index (χ0v) is 12.5. The molecule has 22 heavy (non-hydrogen) atoms. The van der Waals surface area contributed by atoms with Crippen LogP contribution in [-0.4, -0.2) is 15.3 Å². The first-order valence-electron chi connectivity index (χ1n) is 7.16. The first-order chi connectivity index (χ1) is 10.6. The van der Waals surface area contributed by atoms with Crippen LogP contribution in [0.25, 0.3) is 22.4 Å². The van der Waals surface area contributed by atoms with E-state index in [4.69, 9.17) is 0 Å². The van der Waals surface area contributed by atoms with Crippen LogP contribution in [0.15, 0.2) is 48.5 Å². The first kappa shape index (κ1) is 14.5. The van der Waals surface area contributed by atoms with Crippen molar-refractivity contribution in [1.29, 1.82) is 0 Å². The van der Waals surface area contributed by atoms with Crippen molar-refractivity contribution in [1.82, 2.24) is 10.2 Å². The maximum absolute atomic E-state index is 14.3. The van der Waals surface area contributed by atoms with Crippen LogP contribution in [0, 0.1) is 12.7 Å². The number of nitrogens with zero attached hydrogens (tertiary/aromatic N) is 1. The zero-order chi connectivity index (χ0) is 15.7. The second kappa shape index (κ2) is 5.73. The second-order valence-corrected chi connectivity index (χ2v) is 5.39. The lowest BCUT2D eigenvalue weighted by Crippen LogP contribution is -1.95. The van der Waals surface area contributed by atoms with Crippen LogP contribution in [0.2, 0.25) is 0 Å². The molecule has 0 fully saturated rings. The summed E-state index contributed by atoms with van der Waals surface area (Å²) in [4.78, 5) is 0. The van der Waals surface area contributed by atoms with E-state index in [2.05, 4.69) is 10.2 Å². The highest BCUT2D eigenvalue weighted by atomic mass is 19.1. The highest BCUT2D eigenvalue weighted by molar-refractivity contribution is 5.83. The Morgan fingerprint density at radius 2 is 1.86 bits per heavy atom. The van der Waals surface area contributed by atoms with Gasteiger partial charge in [-0.3, -0.25) is 5.10 Å². The number of benzene rings is 2. The molecule has 2 aromatic carbocycles. The number of halogens is 1. The quantitative estimate of drug-likeness (QED) is 0.759. The van der Waals surface area contributed by atoms with Crippen LogP contribution >= 0.6 is 0 Å². The van der Waals surface area contributed by atoms with Gasteiger partial charge in [0.05, 0.1) is 11.8 Å². The maximum atomic E-state index is 14.3. The topological polar surface area (TPSA) is 48.9 Å². The number of aromatic nitrogens is 2. The van der Waals surface area contributed by atoms with Crippen molar-refractivity contribution in [2.45, 2.75) is 20.0 Å². The Kier molecular flexibility index (Phi) is 3.77. The van der Waals surface area contributed by atoms with Gasteiger partial charge in [-0.1, -0.05) is 36.4 Å². The average molecular weight is 296 g/mol. The predicted molar refractivity (Wildman–Crippen MR) is 84.8 cm³/mol. The minimum absolute atomic E-state index is 0.319. The molecule has 0 aliphatic rings. The molecule has 0 aliphatic carbocycles. The van der Waals surface area contributed by atoms with Crippen molar-refractivity contribution >= 4 is 0 Å². The molecule has 0 aliphatic heterocycles. The Bertz CT molecular complexity index is 794. The van der Waals surface area contributed by atoms with E-state index in [1.807, 2.05) is 43.3 Å². The van der Waals surface area contributed by atoms with Gasteiger partial charge in [-0.2, -0.15) is 5.10 Å². The molecule has 3 aromatic rings. The average Bonchev–Trinajstić information content (AvgIpc) is 2.93.